The van der Waals surface area contributed by atoms with Crippen molar-refractivity contribution in [1.29, 1.82) is 0 Å². The number of aryl methyl sites for hydroxylation is 2. The highest BCUT2D eigenvalue weighted by Crippen LogP contribution is 2.26. The molecule has 1 aromatic rings. The minimum atomic E-state index is -3.66. The molecule has 138 valence electrons. The van der Waals surface area contributed by atoms with Gasteiger partial charge in [0.05, 0.1) is 5.75 Å². The zero-order valence-electron chi connectivity index (χ0n) is 14.5. The number of fused-ring (bicyclic) bond motifs is 1. The molecule has 7 heteroatoms. The molecule has 6 nitrogen and oxygen atoms in total. The first-order valence-corrected chi connectivity index (χ1v) is 10.5. The van der Waals surface area contributed by atoms with Gasteiger partial charge in [0.2, 0.25) is 10.0 Å². The first kappa shape index (κ1) is 18.2. The zero-order chi connectivity index (χ0) is 17.9. The molecule has 1 unspecified atom stereocenters. The Labute approximate surface area is 148 Å². The summed E-state index contributed by atoms with van der Waals surface area (Å²) in [6, 6.07) is 5.80. The highest BCUT2D eigenvalue weighted by atomic mass is 32.2. The van der Waals surface area contributed by atoms with Gasteiger partial charge in [-0.25, -0.2) is 13.1 Å². The number of rotatable bonds is 6. The molecule has 2 aliphatic rings. The van der Waals surface area contributed by atoms with Crippen LogP contribution in [0.5, 0.6) is 5.75 Å². The maximum atomic E-state index is 12.2. The van der Waals surface area contributed by atoms with Gasteiger partial charge in [0.1, 0.15) is 5.75 Å². The zero-order valence-corrected chi connectivity index (χ0v) is 15.3. The van der Waals surface area contributed by atoms with E-state index < -0.39 is 22.0 Å². The van der Waals surface area contributed by atoms with Gasteiger partial charge in [-0.05, 0) is 68.2 Å². The van der Waals surface area contributed by atoms with E-state index in [-0.39, 0.29) is 11.7 Å². The van der Waals surface area contributed by atoms with Gasteiger partial charge in [-0.1, -0.05) is 6.07 Å². The number of carbonyl (C=O) groups excluding carboxylic acids is 1. The molecule has 3 rings (SSSR count). The molecule has 1 aromatic carbocycles. The summed E-state index contributed by atoms with van der Waals surface area (Å²) in [5.41, 5.74) is 2.57. The molecule has 0 spiro atoms. The fourth-order valence-corrected chi connectivity index (χ4v) is 4.89. The van der Waals surface area contributed by atoms with Crippen molar-refractivity contribution in [3.8, 4) is 5.75 Å². The Kier molecular flexibility index (Phi) is 5.64. The van der Waals surface area contributed by atoms with Crippen LogP contribution in [0.3, 0.4) is 0 Å². The van der Waals surface area contributed by atoms with E-state index in [4.69, 9.17) is 9.47 Å². The number of nitrogens with one attached hydrogen (secondary N) is 1. The summed E-state index contributed by atoms with van der Waals surface area (Å²) >= 11 is 0. The second-order valence-electron chi connectivity index (χ2n) is 6.85. The normalized spacial score (nSPS) is 19.2. The monoisotopic (exact) mass is 367 g/mol. The molecule has 0 saturated carbocycles. The van der Waals surface area contributed by atoms with Crippen LogP contribution in [-0.2, 0) is 32.4 Å². The van der Waals surface area contributed by atoms with E-state index in [2.05, 4.69) is 4.72 Å². The minimum absolute atomic E-state index is 0.0342. The van der Waals surface area contributed by atoms with Crippen LogP contribution in [0.2, 0.25) is 0 Å². The summed E-state index contributed by atoms with van der Waals surface area (Å²) in [6.07, 6.45) is 3.78. The molecule has 1 aliphatic carbocycles. The number of hydrogen-bond acceptors (Lipinski definition) is 5. The van der Waals surface area contributed by atoms with E-state index in [0.29, 0.717) is 31.8 Å². The third kappa shape index (κ3) is 4.95. The Bertz CT molecular complexity index is 725. The van der Waals surface area contributed by atoms with Gasteiger partial charge in [-0.15, -0.1) is 0 Å². The Morgan fingerprint density at radius 1 is 1.28 bits per heavy atom. The molecule has 1 N–H and O–H groups in total. The molecule has 0 radical (unpaired) electrons. The summed E-state index contributed by atoms with van der Waals surface area (Å²) in [7, 11) is -3.66. The number of benzene rings is 1. The third-order valence-corrected chi connectivity index (χ3v) is 6.23. The minimum Gasteiger partial charge on any atom is -0.481 e. The summed E-state index contributed by atoms with van der Waals surface area (Å²) in [4.78, 5) is 12.2. The average Bonchev–Trinajstić information content (AvgIpc) is 3.02. The predicted molar refractivity (Wildman–Crippen MR) is 94.0 cm³/mol. The molecule has 1 aliphatic heterocycles. The van der Waals surface area contributed by atoms with Crippen molar-refractivity contribution in [3.05, 3.63) is 29.3 Å². The highest BCUT2D eigenvalue weighted by Gasteiger charge is 2.26. The molecule has 0 aromatic heterocycles. The molecule has 1 saturated heterocycles. The van der Waals surface area contributed by atoms with Gasteiger partial charge in [0.25, 0.3) is 5.91 Å². The number of carbonyl (C=O) groups is 1. The van der Waals surface area contributed by atoms with Crippen LogP contribution in [-0.4, -0.2) is 39.4 Å². The van der Waals surface area contributed by atoms with Crippen LogP contribution in [0.25, 0.3) is 0 Å². The van der Waals surface area contributed by atoms with Crippen LogP contribution >= 0.6 is 0 Å². The van der Waals surface area contributed by atoms with Crippen LogP contribution < -0.4 is 9.46 Å². The van der Waals surface area contributed by atoms with Gasteiger partial charge in [-0.2, -0.15) is 0 Å². The topological polar surface area (TPSA) is 81.7 Å². The number of hydrogen-bond donors (Lipinski definition) is 1. The van der Waals surface area contributed by atoms with Crippen molar-refractivity contribution in [2.24, 2.45) is 5.92 Å². The van der Waals surface area contributed by atoms with Crippen molar-refractivity contribution >= 4 is 15.9 Å². The second kappa shape index (κ2) is 7.74. The van der Waals surface area contributed by atoms with E-state index >= 15 is 0 Å². The number of ether oxygens (including phenoxy) is 2. The van der Waals surface area contributed by atoms with Crippen molar-refractivity contribution in [3.63, 3.8) is 0 Å². The predicted octanol–water partition coefficient (Wildman–Crippen LogP) is 1.82. The lowest BCUT2D eigenvalue weighted by atomic mass is 10.0. The number of sulfonamides is 1. The average molecular weight is 367 g/mol. The van der Waals surface area contributed by atoms with Gasteiger partial charge in [0, 0.05) is 13.2 Å². The van der Waals surface area contributed by atoms with E-state index in [1.165, 1.54) is 11.1 Å². The van der Waals surface area contributed by atoms with E-state index in [1.54, 1.807) is 6.92 Å². The largest absolute Gasteiger partial charge is 0.481 e. The quantitative estimate of drug-likeness (QED) is 0.829. The summed E-state index contributed by atoms with van der Waals surface area (Å²) in [6.45, 7) is 2.71. The lowest BCUT2D eigenvalue weighted by Gasteiger charge is -2.22. The molecule has 1 heterocycles. The third-order valence-electron chi connectivity index (χ3n) is 4.80. The summed E-state index contributed by atoms with van der Waals surface area (Å²) in [5.74, 6) is -0.0436. The van der Waals surface area contributed by atoms with Crippen LogP contribution in [0.4, 0.5) is 0 Å². The smallest absolute Gasteiger partial charge is 0.274 e. The Morgan fingerprint density at radius 2 is 2.00 bits per heavy atom. The Hall–Kier alpha value is -1.60. The van der Waals surface area contributed by atoms with Crippen molar-refractivity contribution < 1.29 is 22.7 Å². The Balaban J connectivity index is 1.54. The highest BCUT2D eigenvalue weighted by molar-refractivity contribution is 7.90. The van der Waals surface area contributed by atoms with Crippen molar-refractivity contribution in [1.82, 2.24) is 4.72 Å². The van der Waals surface area contributed by atoms with Gasteiger partial charge in [0.15, 0.2) is 6.10 Å². The molecule has 1 amide bonds. The number of amides is 1. The summed E-state index contributed by atoms with van der Waals surface area (Å²) in [5, 5.41) is 0. The fourth-order valence-electron chi connectivity index (χ4n) is 3.38. The first-order chi connectivity index (χ1) is 11.9. The van der Waals surface area contributed by atoms with Gasteiger partial charge in [-0.3, -0.25) is 4.79 Å². The van der Waals surface area contributed by atoms with E-state index in [1.807, 2.05) is 18.2 Å². The fraction of sp³-hybridized carbons (Fsp3) is 0.611. The lowest BCUT2D eigenvalue weighted by molar-refractivity contribution is -0.125. The molecule has 1 atom stereocenters. The van der Waals surface area contributed by atoms with Gasteiger partial charge < -0.3 is 9.47 Å². The SMILES string of the molecule is CC(Oc1ccc2c(c1)CCC2)C(=O)NS(=O)(=O)CC1CCOCC1. The lowest BCUT2D eigenvalue weighted by Crippen LogP contribution is -2.42. The summed E-state index contributed by atoms with van der Waals surface area (Å²) < 4.78 is 37.4. The van der Waals surface area contributed by atoms with Crippen LogP contribution in [0, 0.1) is 5.92 Å². The van der Waals surface area contributed by atoms with Crippen LogP contribution in [0.1, 0.15) is 37.3 Å². The van der Waals surface area contributed by atoms with Crippen molar-refractivity contribution in [2.45, 2.75) is 45.1 Å². The molecular weight excluding hydrogens is 342 g/mol. The van der Waals surface area contributed by atoms with E-state index in [9.17, 15) is 13.2 Å². The Morgan fingerprint density at radius 3 is 2.76 bits per heavy atom. The molecular formula is C18H25NO5S. The van der Waals surface area contributed by atoms with E-state index in [0.717, 1.165) is 19.3 Å². The van der Waals surface area contributed by atoms with Crippen LogP contribution in [0.15, 0.2) is 18.2 Å². The standard InChI is InChI=1S/C18H25NO5S/c1-13(24-17-6-5-15-3-2-4-16(15)11-17)18(20)19-25(21,22)12-14-7-9-23-10-8-14/h5-6,11,13-14H,2-4,7-10,12H2,1H3,(H,19,20). The van der Waals surface area contributed by atoms with Gasteiger partial charge >= 0.3 is 0 Å². The first-order valence-electron chi connectivity index (χ1n) is 8.83. The second-order valence-corrected chi connectivity index (χ2v) is 8.61. The maximum Gasteiger partial charge on any atom is 0.274 e. The maximum absolute atomic E-state index is 12.2. The molecule has 1 fully saturated rings. The van der Waals surface area contributed by atoms with Crippen molar-refractivity contribution in [2.75, 3.05) is 19.0 Å². The molecule has 0 bridgehead atoms. The molecule has 25 heavy (non-hydrogen) atoms.